The van der Waals surface area contributed by atoms with E-state index in [1.165, 1.54) is 0 Å². The van der Waals surface area contributed by atoms with Crippen molar-refractivity contribution in [1.29, 1.82) is 0 Å². The molecule has 3 aromatic rings. The van der Waals surface area contributed by atoms with Gasteiger partial charge in [-0.15, -0.1) is 0 Å². The summed E-state index contributed by atoms with van der Waals surface area (Å²) in [5.41, 5.74) is 2.23. The van der Waals surface area contributed by atoms with Crippen molar-refractivity contribution < 1.29 is 4.79 Å². The summed E-state index contributed by atoms with van der Waals surface area (Å²) in [4.78, 5) is 32.8. The van der Waals surface area contributed by atoms with E-state index in [0.29, 0.717) is 17.4 Å². The van der Waals surface area contributed by atoms with E-state index in [1.54, 1.807) is 24.8 Å². The molecule has 1 aliphatic rings. The third kappa shape index (κ3) is 4.97. The van der Waals surface area contributed by atoms with Crippen LogP contribution < -0.4 is 5.32 Å². The van der Waals surface area contributed by atoms with Crippen LogP contribution in [0.15, 0.2) is 43.0 Å². The van der Waals surface area contributed by atoms with Gasteiger partial charge in [-0.25, -0.2) is 9.97 Å². The first-order chi connectivity index (χ1) is 14.6. The standard InChI is InChI=1S/C23H28N6O/c1-16(2)15-29-10-3-4-17(7-11-29)23(30)28-22-12-20-18(13-26-22)5-6-19(27-20)21-14-24-8-9-25-21/h5-6,8-9,12-14,16-17H,3-4,7,10-11,15H2,1-2H3,(H,26,28,30). The summed E-state index contributed by atoms with van der Waals surface area (Å²) in [6, 6.07) is 5.69. The summed E-state index contributed by atoms with van der Waals surface area (Å²) >= 11 is 0. The molecule has 7 nitrogen and oxygen atoms in total. The maximum absolute atomic E-state index is 12.9. The Kier molecular flexibility index (Phi) is 6.28. The lowest BCUT2D eigenvalue weighted by Crippen LogP contribution is -2.29. The van der Waals surface area contributed by atoms with E-state index < -0.39 is 0 Å². The number of fused-ring (bicyclic) bond motifs is 1. The van der Waals surface area contributed by atoms with Crippen molar-refractivity contribution in [2.45, 2.75) is 33.1 Å². The highest BCUT2D eigenvalue weighted by molar-refractivity contribution is 5.93. The van der Waals surface area contributed by atoms with Gasteiger partial charge < -0.3 is 10.2 Å². The van der Waals surface area contributed by atoms with E-state index >= 15 is 0 Å². The Balaban J connectivity index is 1.46. The van der Waals surface area contributed by atoms with E-state index in [-0.39, 0.29) is 11.8 Å². The zero-order valence-corrected chi connectivity index (χ0v) is 17.6. The molecule has 0 spiro atoms. The van der Waals surface area contributed by atoms with Crippen LogP contribution in [0, 0.1) is 11.8 Å². The lowest BCUT2D eigenvalue weighted by molar-refractivity contribution is -0.120. The van der Waals surface area contributed by atoms with Crippen LogP contribution in [0.25, 0.3) is 22.3 Å². The maximum atomic E-state index is 12.9. The van der Waals surface area contributed by atoms with Gasteiger partial charge >= 0.3 is 0 Å². The quantitative estimate of drug-likeness (QED) is 0.697. The second-order valence-corrected chi connectivity index (χ2v) is 8.36. The smallest absolute Gasteiger partial charge is 0.228 e. The highest BCUT2D eigenvalue weighted by Gasteiger charge is 2.23. The molecule has 1 aliphatic heterocycles. The minimum Gasteiger partial charge on any atom is -0.310 e. The minimum atomic E-state index is 0.0264. The fraction of sp³-hybridized carbons (Fsp3) is 0.435. The molecule has 7 heteroatoms. The van der Waals surface area contributed by atoms with E-state index in [9.17, 15) is 4.79 Å². The SMILES string of the molecule is CC(C)CN1CCCC(C(=O)Nc2cc3nc(-c4cnccn4)ccc3cn2)CC1. The van der Waals surface area contributed by atoms with E-state index in [2.05, 4.69) is 44.0 Å². The van der Waals surface area contributed by atoms with Crippen LogP contribution in [0.5, 0.6) is 0 Å². The summed E-state index contributed by atoms with van der Waals surface area (Å²) in [5.74, 6) is 1.27. The zero-order chi connectivity index (χ0) is 20.9. The predicted octanol–water partition coefficient (Wildman–Crippen LogP) is 3.78. The number of pyridine rings is 2. The van der Waals surface area contributed by atoms with Crippen molar-refractivity contribution in [3.05, 3.63) is 43.0 Å². The normalized spacial score (nSPS) is 17.8. The Bertz CT molecular complexity index is 1010. The molecule has 3 aromatic heterocycles. The molecule has 0 aliphatic carbocycles. The average Bonchev–Trinajstić information content (AvgIpc) is 2.99. The summed E-state index contributed by atoms with van der Waals surface area (Å²) in [6.07, 6.45) is 9.58. The molecular formula is C23H28N6O. The molecule has 1 atom stereocenters. The lowest BCUT2D eigenvalue weighted by Gasteiger charge is -2.22. The highest BCUT2D eigenvalue weighted by atomic mass is 16.1. The van der Waals surface area contributed by atoms with Crippen molar-refractivity contribution in [3.63, 3.8) is 0 Å². The van der Waals surface area contributed by atoms with Gasteiger partial charge in [0.2, 0.25) is 5.91 Å². The zero-order valence-electron chi connectivity index (χ0n) is 17.6. The molecule has 0 radical (unpaired) electrons. The number of aromatic nitrogens is 4. The van der Waals surface area contributed by atoms with Crippen LogP contribution >= 0.6 is 0 Å². The van der Waals surface area contributed by atoms with E-state index in [4.69, 9.17) is 0 Å². The number of rotatable bonds is 5. The molecule has 1 amide bonds. The molecule has 4 rings (SSSR count). The van der Waals surface area contributed by atoms with Gasteiger partial charge in [0.05, 0.1) is 17.4 Å². The van der Waals surface area contributed by atoms with Crippen LogP contribution in [0.2, 0.25) is 0 Å². The molecule has 1 saturated heterocycles. The molecule has 0 bridgehead atoms. The van der Waals surface area contributed by atoms with Gasteiger partial charge in [-0.1, -0.05) is 13.8 Å². The number of hydrogen-bond donors (Lipinski definition) is 1. The first-order valence-electron chi connectivity index (χ1n) is 10.6. The molecular weight excluding hydrogens is 376 g/mol. The molecule has 1 fully saturated rings. The summed E-state index contributed by atoms with van der Waals surface area (Å²) < 4.78 is 0. The second-order valence-electron chi connectivity index (χ2n) is 8.36. The largest absolute Gasteiger partial charge is 0.310 e. The fourth-order valence-electron chi connectivity index (χ4n) is 4.00. The lowest BCUT2D eigenvalue weighted by atomic mass is 10.00. The topological polar surface area (TPSA) is 83.9 Å². The minimum absolute atomic E-state index is 0.0264. The van der Waals surface area contributed by atoms with E-state index in [0.717, 1.165) is 55.5 Å². The Morgan fingerprint density at radius 1 is 1.13 bits per heavy atom. The van der Waals surface area contributed by atoms with Crippen LogP contribution in [0.1, 0.15) is 33.1 Å². The van der Waals surface area contributed by atoms with Gasteiger partial charge in [-0.3, -0.25) is 14.8 Å². The second kappa shape index (κ2) is 9.26. The average molecular weight is 405 g/mol. The molecule has 4 heterocycles. The first-order valence-corrected chi connectivity index (χ1v) is 10.6. The van der Waals surface area contributed by atoms with Gasteiger partial charge in [-0.05, 0) is 50.4 Å². The summed E-state index contributed by atoms with van der Waals surface area (Å²) in [7, 11) is 0. The van der Waals surface area contributed by atoms with Crippen LogP contribution in [-0.4, -0.2) is 50.4 Å². The van der Waals surface area contributed by atoms with E-state index in [1.807, 2.05) is 18.2 Å². The van der Waals surface area contributed by atoms with Crippen LogP contribution in [0.4, 0.5) is 5.82 Å². The Labute approximate surface area is 177 Å². The van der Waals surface area contributed by atoms with Gasteiger partial charge in [0, 0.05) is 42.5 Å². The first kappa shape index (κ1) is 20.3. The Morgan fingerprint density at radius 2 is 2.03 bits per heavy atom. The molecule has 0 saturated carbocycles. The number of nitrogens with one attached hydrogen (secondary N) is 1. The molecule has 1 unspecified atom stereocenters. The third-order valence-electron chi connectivity index (χ3n) is 5.47. The number of carbonyl (C=O) groups is 1. The van der Waals surface area contributed by atoms with Crippen LogP contribution in [-0.2, 0) is 4.79 Å². The van der Waals surface area contributed by atoms with Gasteiger partial charge in [0.15, 0.2) is 0 Å². The van der Waals surface area contributed by atoms with Gasteiger partial charge in [0.1, 0.15) is 11.5 Å². The van der Waals surface area contributed by atoms with Crippen molar-refractivity contribution in [2.24, 2.45) is 11.8 Å². The van der Waals surface area contributed by atoms with Gasteiger partial charge in [-0.2, -0.15) is 0 Å². The van der Waals surface area contributed by atoms with Crippen molar-refractivity contribution >= 4 is 22.6 Å². The van der Waals surface area contributed by atoms with Crippen LogP contribution in [0.3, 0.4) is 0 Å². The Hall–Kier alpha value is -2.93. The highest BCUT2D eigenvalue weighted by Crippen LogP contribution is 2.23. The molecule has 156 valence electrons. The van der Waals surface area contributed by atoms with Crippen molar-refractivity contribution in [1.82, 2.24) is 24.8 Å². The fourth-order valence-corrected chi connectivity index (χ4v) is 4.00. The maximum Gasteiger partial charge on any atom is 0.228 e. The number of hydrogen-bond acceptors (Lipinski definition) is 6. The van der Waals surface area contributed by atoms with Crippen molar-refractivity contribution in [3.8, 4) is 11.4 Å². The van der Waals surface area contributed by atoms with Crippen molar-refractivity contribution in [2.75, 3.05) is 25.0 Å². The molecule has 1 N–H and O–H groups in total. The third-order valence-corrected chi connectivity index (χ3v) is 5.47. The number of carbonyl (C=O) groups excluding carboxylic acids is 1. The number of anilines is 1. The number of likely N-dealkylation sites (tertiary alicyclic amines) is 1. The predicted molar refractivity (Wildman–Crippen MR) is 118 cm³/mol. The number of nitrogens with zero attached hydrogens (tertiary/aromatic N) is 5. The summed E-state index contributed by atoms with van der Waals surface area (Å²) in [6.45, 7) is 7.63. The van der Waals surface area contributed by atoms with Gasteiger partial charge in [0.25, 0.3) is 0 Å². The summed E-state index contributed by atoms with van der Waals surface area (Å²) in [5, 5.41) is 3.93. The monoisotopic (exact) mass is 404 g/mol. The molecule has 0 aromatic carbocycles. The Morgan fingerprint density at radius 3 is 2.83 bits per heavy atom. The molecule has 30 heavy (non-hydrogen) atoms. The number of amides is 1.